The molecule has 85 valence electrons. The van der Waals surface area contributed by atoms with Crippen LogP contribution < -0.4 is 12.4 Å². The summed E-state index contributed by atoms with van der Waals surface area (Å²) < 4.78 is 3.13. The minimum atomic E-state index is -0.264. The Morgan fingerprint density at radius 1 is 0.875 bits per heavy atom. The van der Waals surface area contributed by atoms with Crippen molar-refractivity contribution in [2.24, 2.45) is 0 Å². The third-order valence-corrected chi connectivity index (χ3v) is 7.28. The van der Waals surface area contributed by atoms with Gasteiger partial charge in [-0.15, -0.1) is 0 Å². The average molecular weight is 400 g/mol. The Hall–Kier alpha value is 0.120. The van der Waals surface area contributed by atoms with E-state index in [1.165, 1.54) is 25.7 Å². The van der Waals surface area contributed by atoms with E-state index < -0.39 is 0 Å². The molecule has 0 spiro atoms. The molecule has 0 fully saturated rings. The molecular weight excluding hydrogens is 382 g/mol. The maximum atomic E-state index is 2.31. The van der Waals surface area contributed by atoms with Gasteiger partial charge in [-0.05, 0) is 0 Å². The first-order chi connectivity index (χ1) is 7.45. The fourth-order valence-corrected chi connectivity index (χ4v) is 6.45. The standard InChI is InChI=1S/2C7H9.ClH.Hf/c2*1-2-7-5-3-4-6-7;;/h2*3-5H,1-2,6H2;1H;/q;;;+1/p-1. The van der Waals surface area contributed by atoms with Crippen molar-refractivity contribution in [3.05, 3.63) is 47.6 Å². The van der Waals surface area contributed by atoms with Gasteiger partial charge < -0.3 is 12.4 Å². The van der Waals surface area contributed by atoms with E-state index in [9.17, 15) is 0 Å². The molecule has 2 aliphatic carbocycles. The molecule has 0 aromatic rings. The van der Waals surface area contributed by atoms with Gasteiger partial charge >= 0.3 is 105 Å². The summed E-state index contributed by atoms with van der Waals surface area (Å²) in [4.78, 5) is 0. The van der Waals surface area contributed by atoms with Gasteiger partial charge in [0.1, 0.15) is 0 Å². The molecule has 0 unspecified atom stereocenters. The Morgan fingerprint density at radius 2 is 1.38 bits per heavy atom. The Balaban J connectivity index is 0.00000128. The van der Waals surface area contributed by atoms with Crippen LogP contribution in [0.15, 0.2) is 47.6 Å². The summed E-state index contributed by atoms with van der Waals surface area (Å²) in [5.41, 5.74) is 3.34. The summed E-state index contributed by atoms with van der Waals surface area (Å²) >= 11 is -0.264. The van der Waals surface area contributed by atoms with Gasteiger partial charge in [0.15, 0.2) is 0 Å². The van der Waals surface area contributed by atoms with Crippen molar-refractivity contribution in [1.29, 1.82) is 0 Å². The van der Waals surface area contributed by atoms with Crippen molar-refractivity contribution < 1.29 is 35.3 Å². The van der Waals surface area contributed by atoms with Crippen LogP contribution in [0.1, 0.15) is 25.7 Å². The van der Waals surface area contributed by atoms with E-state index in [2.05, 4.69) is 36.5 Å². The Bertz CT molecular complexity index is 292. The fraction of sp³-hybridized carbons (Fsp3) is 0.429. The van der Waals surface area contributed by atoms with Gasteiger partial charge in [0.25, 0.3) is 0 Å². The SMILES string of the molecule is C1=CCC(C[CH2][Hf+][CH2]CC2=CC=CC2)=C1.[Cl-]. The number of hydrogen-bond acceptors (Lipinski definition) is 0. The third kappa shape index (κ3) is 4.97. The van der Waals surface area contributed by atoms with Crippen LogP contribution >= 0.6 is 0 Å². The quantitative estimate of drug-likeness (QED) is 0.468. The molecular formula is C14H18ClHf. The van der Waals surface area contributed by atoms with Crippen LogP contribution in [0, 0.1) is 0 Å². The van der Waals surface area contributed by atoms with E-state index in [4.69, 9.17) is 0 Å². The van der Waals surface area contributed by atoms with E-state index in [-0.39, 0.29) is 35.3 Å². The van der Waals surface area contributed by atoms with E-state index in [0.717, 1.165) is 0 Å². The summed E-state index contributed by atoms with van der Waals surface area (Å²) in [6, 6.07) is 0. The first-order valence-electron chi connectivity index (χ1n) is 5.85. The first kappa shape index (κ1) is 14.2. The van der Waals surface area contributed by atoms with Crippen LogP contribution in [0.3, 0.4) is 0 Å². The van der Waals surface area contributed by atoms with Crippen molar-refractivity contribution in [3.63, 3.8) is 0 Å². The molecule has 0 saturated heterocycles. The van der Waals surface area contributed by atoms with Gasteiger partial charge in [-0.3, -0.25) is 0 Å². The average Bonchev–Trinajstić information content (AvgIpc) is 2.88. The molecule has 0 amide bonds. The molecule has 0 radical (unpaired) electrons. The summed E-state index contributed by atoms with van der Waals surface area (Å²) in [6.45, 7) is 0. The van der Waals surface area contributed by atoms with E-state index in [0.29, 0.717) is 0 Å². The van der Waals surface area contributed by atoms with Gasteiger partial charge in [-0.25, -0.2) is 0 Å². The minimum absolute atomic E-state index is 0. The summed E-state index contributed by atoms with van der Waals surface area (Å²) in [5.74, 6) is 0. The Kier molecular flexibility index (Phi) is 7.31. The fourth-order valence-electron chi connectivity index (χ4n) is 1.98. The molecule has 0 saturated carbocycles. The first-order valence-corrected chi connectivity index (χ1v) is 10.9. The second-order valence-electron chi connectivity index (χ2n) is 4.16. The van der Waals surface area contributed by atoms with Crippen LogP contribution in [-0.4, -0.2) is 0 Å². The number of rotatable bonds is 6. The van der Waals surface area contributed by atoms with Crippen molar-refractivity contribution in [2.45, 2.75) is 34.0 Å². The van der Waals surface area contributed by atoms with E-state index in [1.807, 2.05) is 0 Å². The third-order valence-electron chi connectivity index (χ3n) is 2.94. The molecule has 16 heavy (non-hydrogen) atoms. The van der Waals surface area contributed by atoms with Gasteiger partial charge in [0.2, 0.25) is 0 Å². The second kappa shape index (κ2) is 8.25. The molecule has 0 aliphatic heterocycles. The van der Waals surface area contributed by atoms with E-state index >= 15 is 0 Å². The maximum absolute atomic E-state index is 2.31. The molecule has 0 atom stereocenters. The smallest absolute Gasteiger partial charge is 1.00 e. The zero-order valence-electron chi connectivity index (χ0n) is 9.58. The number of allylic oxidation sites excluding steroid dienone is 8. The second-order valence-corrected chi connectivity index (χ2v) is 9.55. The molecule has 2 aliphatic rings. The summed E-state index contributed by atoms with van der Waals surface area (Å²) in [7, 11) is 0. The van der Waals surface area contributed by atoms with Crippen molar-refractivity contribution in [1.82, 2.24) is 0 Å². The van der Waals surface area contributed by atoms with Gasteiger partial charge in [0, 0.05) is 0 Å². The van der Waals surface area contributed by atoms with Gasteiger partial charge in [-0.2, -0.15) is 0 Å². The number of hydrogen-bond donors (Lipinski definition) is 0. The molecule has 0 aromatic carbocycles. The van der Waals surface area contributed by atoms with Crippen LogP contribution in [-0.2, 0) is 22.9 Å². The predicted octanol–water partition coefficient (Wildman–Crippen LogP) is 1.46. The molecule has 2 heteroatoms. The van der Waals surface area contributed by atoms with Crippen LogP contribution in [0.25, 0.3) is 0 Å². The molecule has 0 aromatic heterocycles. The minimum Gasteiger partial charge on any atom is -1.00 e. The van der Waals surface area contributed by atoms with Crippen LogP contribution in [0.4, 0.5) is 0 Å². The number of halogens is 1. The molecule has 0 N–H and O–H groups in total. The monoisotopic (exact) mass is 401 g/mol. The van der Waals surface area contributed by atoms with Crippen LogP contribution in [0.5, 0.6) is 0 Å². The topological polar surface area (TPSA) is 0 Å². The largest absolute Gasteiger partial charge is 1.00 e. The van der Waals surface area contributed by atoms with Crippen LogP contribution in [0.2, 0.25) is 8.35 Å². The normalized spacial score (nSPS) is 16.8. The molecule has 0 nitrogen and oxygen atoms in total. The van der Waals surface area contributed by atoms with Crippen molar-refractivity contribution >= 4 is 0 Å². The summed E-state index contributed by atoms with van der Waals surface area (Å²) in [6.07, 6.45) is 18.9. The van der Waals surface area contributed by atoms with Gasteiger partial charge in [-0.1, -0.05) is 0 Å². The molecule has 0 heterocycles. The zero-order valence-corrected chi connectivity index (χ0v) is 13.9. The van der Waals surface area contributed by atoms with Gasteiger partial charge in [0.05, 0.1) is 0 Å². The predicted molar refractivity (Wildman–Crippen MR) is 62.5 cm³/mol. The summed E-state index contributed by atoms with van der Waals surface area (Å²) in [5, 5.41) is 0. The van der Waals surface area contributed by atoms with Crippen molar-refractivity contribution in [3.8, 4) is 0 Å². The van der Waals surface area contributed by atoms with E-state index in [1.54, 1.807) is 19.5 Å². The van der Waals surface area contributed by atoms with Crippen molar-refractivity contribution in [2.75, 3.05) is 0 Å². The molecule has 2 rings (SSSR count). The zero-order chi connectivity index (χ0) is 10.3. The molecule has 0 bridgehead atoms. The Labute approximate surface area is 116 Å². The maximum Gasteiger partial charge on any atom is -1.00 e. The Morgan fingerprint density at radius 3 is 1.75 bits per heavy atom.